The molecule has 1 N–H and O–H groups in total. The number of hydrogen-bond acceptors (Lipinski definition) is 2. The average molecular weight is 231 g/mol. The molecule has 3 nitrogen and oxygen atoms in total. The molecule has 0 aliphatic carbocycles. The van der Waals surface area contributed by atoms with Gasteiger partial charge in [0.25, 0.3) is 0 Å². The van der Waals surface area contributed by atoms with Crippen molar-refractivity contribution in [2.45, 2.75) is 25.2 Å². The molecule has 4 heteroatoms. The zero-order chi connectivity index (χ0) is 11.6. The fourth-order valence-corrected chi connectivity index (χ4v) is 4.33. The van der Waals surface area contributed by atoms with E-state index in [9.17, 15) is 0 Å². The van der Waals surface area contributed by atoms with Crippen LogP contribution < -0.4 is 0 Å². The van der Waals surface area contributed by atoms with Crippen molar-refractivity contribution in [1.82, 2.24) is 15.4 Å². The number of aromatic nitrogens is 3. The summed E-state index contributed by atoms with van der Waals surface area (Å²) in [6.07, 6.45) is 1.84. The molecule has 2 aromatic rings. The van der Waals surface area contributed by atoms with E-state index >= 15 is 0 Å². The van der Waals surface area contributed by atoms with E-state index in [1.54, 1.807) is 0 Å². The highest BCUT2D eigenvalue weighted by atomic mass is 28.3. The Balaban J connectivity index is 2.45. The second-order valence-electron chi connectivity index (χ2n) is 5.10. The van der Waals surface area contributed by atoms with E-state index in [0.717, 1.165) is 5.69 Å². The maximum absolute atomic E-state index is 4.26. The molecule has 0 amide bonds. The Hall–Kier alpha value is -1.42. The zero-order valence-corrected chi connectivity index (χ0v) is 10.9. The summed E-state index contributed by atoms with van der Waals surface area (Å²) in [6.45, 7) is 7.08. The normalized spacial score (nSPS) is 13.7. The number of nitrogens with one attached hydrogen (secondary N) is 1. The van der Waals surface area contributed by atoms with Crippen LogP contribution in [0.25, 0.3) is 0 Å². The third-order valence-electron chi connectivity index (χ3n) is 2.73. The van der Waals surface area contributed by atoms with E-state index in [-0.39, 0.29) is 0 Å². The lowest BCUT2D eigenvalue weighted by atomic mass is 10.1. The van der Waals surface area contributed by atoms with Gasteiger partial charge < -0.3 is 0 Å². The quantitative estimate of drug-likeness (QED) is 0.825. The Morgan fingerprint density at radius 1 is 1.12 bits per heavy atom. The van der Waals surface area contributed by atoms with Gasteiger partial charge in [0.2, 0.25) is 0 Å². The molecule has 0 saturated carbocycles. The summed E-state index contributed by atoms with van der Waals surface area (Å²) in [6, 6.07) is 10.6. The van der Waals surface area contributed by atoms with Crippen molar-refractivity contribution in [3.63, 3.8) is 0 Å². The smallest absolute Gasteiger partial charge is 0.0872 e. The van der Waals surface area contributed by atoms with E-state index in [2.05, 4.69) is 59.3 Å². The lowest BCUT2D eigenvalue weighted by Gasteiger charge is -2.27. The van der Waals surface area contributed by atoms with E-state index in [0.29, 0.717) is 5.54 Å². The number of aromatic amines is 1. The number of H-pyrrole nitrogens is 1. The van der Waals surface area contributed by atoms with Crippen molar-refractivity contribution in [2.75, 3.05) is 0 Å². The Bertz CT molecular complexity index is 431. The molecule has 0 spiro atoms. The van der Waals surface area contributed by atoms with Crippen molar-refractivity contribution in [3.05, 3.63) is 47.8 Å². The molecular formula is C12H17N3Si. The van der Waals surface area contributed by atoms with Gasteiger partial charge in [-0.25, -0.2) is 0 Å². The predicted molar refractivity (Wildman–Crippen MR) is 68.0 cm³/mol. The summed E-state index contributed by atoms with van der Waals surface area (Å²) >= 11 is 0. The molecule has 1 aromatic carbocycles. The third-order valence-corrected chi connectivity index (χ3v) is 5.09. The van der Waals surface area contributed by atoms with Crippen LogP contribution in [0.5, 0.6) is 0 Å². The van der Waals surface area contributed by atoms with Gasteiger partial charge in [0, 0.05) is 5.54 Å². The number of nitrogens with zero attached hydrogens (tertiary/aromatic N) is 2. The molecule has 0 aliphatic heterocycles. The van der Waals surface area contributed by atoms with Gasteiger partial charge >= 0.3 is 0 Å². The molecule has 0 saturated heterocycles. The summed E-state index contributed by atoms with van der Waals surface area (Å²) in [5.41, 5.74) is 2.81. The Morgan fingerprint density at radius 2 is 1.81 bits per heavy atom. The molecule has 0 aliphatic rings. The van der Waals surface area contributed by atoms with E-state index < -0.39 is 8.07 Å². The van der Waals surface area contributed by atoms with Gasteiger partial charge in [-0.15, -0.1) is 0 Å². The maximum Gasteiger partial charge on any atom is 0.0872 e. The summed E-state index contributed by atoms with van der Waals surface area (Å²) in [5.74, 6) is 0. The van der Waals surface area contributed by atoms with Crippen LogP contribution >= 0.6 is 0 Å². The van der Waals surface area contributed by atoms with Crippen molar-refractivity contribution in [3.8, 4) is 0 Å². The lowest BCUT2D eigenvalue weighted by molar-refractivity contribution is 0.899. The molecule has 84 valence electrons. The largest absolute Gasteiger partial charge is 0.198 e. The minimum atomic E-state index is -1.35. The molecule has 2 rings (SSSR count). The molecule has 16 heavy (non-hydrogen) atoms. The summed E-state index contributed by atoms with van der Waals surface area (Å²) in [4.78, 5) is 0. The molecule has 0 radical (unpaired) electrons. The summed E-state index contributed by atoms with van der Waals surface area (Å²) in [5, 5.41) is 10.9. The van der Waals surface area contributed by atoms with Crippen molar-refractivity contribution in [2.24, 2.45) is 0 Å². The van der Waals surface area contributed by atoms with Crippen LogP contribution in [0, 0.1) is 0 Å². The minimum absolute atomic E-state index is 0.410. The Morgan fingerprint density at radius 3 is 2.31 bits per heavy atom. The second kappa shape index (κ2) is 4.21. The third kappa shape index (κ3) is 2.22. The number of hydrogen-bond donors (Lipinski definition) is 1. The lowest BCUT2D eigenvalue weighted by Crippen LogP contribution is -2.32. The van der Waals surface area contributed by atoms with E-state index in [1.807, 2.05) is 12.3 Å². The molecule has 0 fully saturated rings. The van der Waals surface area contributed by atoms with Crippen LogP contribution in [0.3, 0.4) is 0 Å². The van der Waals surface area contributed by atoms with Crippen LogP contribution in [0.4, 0.5) is 0 Å². The molecule has 0 bridgehead atoms. The molecule has 1 aromatic heterocycles. The van der Waals surface area contributed by atoms with Gasteiger partial charge in [-0.05, 0) is 5.56 Å². The summed E-state index contributed by atoms with van der Waals surface area (Å²) < 4.78 is 0. The van der Waals surface area contributed by atoms with Crippen LogP contribution in [0.1, 0.15) is 16.8 Å². The zero-order valence-electron chi connectivity index (χ0n) is 9.94. The van der Waals surface area contributed by atoms with Crippen LogP contribution in [-0.4, -0.2) is 23.5 Å². The summed E-state index contributed by atoms with van der Waals surface area (Å²) in [7, 11) is -1.35. The first-order valence-electron chi connectivity index (χ1n) is 5.49. The van der Waals surface area contributed by atoms with Crippen LogP contribution in [0.2, 0.25) is 19.6 Å². The highest BCUT2D eigenvalue weighted by molar-refractivity contribution is 6.78. The van der Waals surface area contributed by atoms with Gasteiger partial charge in [0.1, 0.15) is 0 Å². The first kappa shape index (κ1) is 11.1. The number of benzene rings is 1. The van der Waals surface area contributed by atoms with Gasteiger partial charge in [-0.1, -0.05) is 50.0 Å². The van der Waals surface area contributed by atoms with Crippen LogP contribution in [-0.2, 0) is 0 Å². The minimum Gasteiger partial charge on any atom is -0.198 e. The highest BCUT2D eigenvalue weighted by Crippen LogP contribution is 2.31. The average Bonchev–Trinajstić information content (AvgIpc) is 2.71. The molecule has 1 atom stereocenters. The van der Waals surface area contributed by atoms with Crippen molar-refractivity contribution >= 4 is 8.07 Å². The fraction of sp³-hybridized carbons (Fsp3) is 0.333. The maximum atomic E-state index is 4.26. The van der Waals surface area contributed by atoms with Crippen molar-refractivity contribution in [1.29, 1.82) is 0 Å². The van der Waals surface area contributed by atoms with Gasteiger partial charge in [-0.2, -0.15) is 15.4 Å². The van der Waals surface area contributed by atoms with Crippen molar-refractivity contribution < 1.29 is 0 Å². The van der Waals surface area contributed by atoms with Crippen LogP contribution in [0.15, 0.2) is 36.5 Å². The van der Waals surface area contributed by atoms with Gasteiger partial charge in [-0.3, -0.25) is 0 Å². The first-order valence-corrected chi connectivity index (χ1v) is 9.07. The first-order chi connectivity index (χ1) is 7.59. The Kier molecular flexibility index (Phi) is 2.92. The second-order valence-corrected chi connectivity index (χ2v) is 10.4. The molecular weight excluding hydrogens is 214 g/mol. The number of rotatable bonds is 3. The highest BCUT2D eigenvalue weighted by Gasteiger charge is 2.31. The monoisotopic (exact) mass is 231 g/mol. The Labute approximate surface area is 96.9 Å². The molecule has 1 unspecified atom stereocenters. The SMILES string of the molecule is C[Si](C)(C)C(c1ccccc1)c1cn[nH]n1. The predicted octanol–water partition coefficient (Wildman–Crippen LogP) is 2.81. The standard InChI is InChI=1S/C12H17N3Si/c1-16(2,3)12(11-9-13-15-14-11)10-7-5-4-6-8-10/h4-9,12H,1-3H3,(H,13,14,15). The fourth-order valence-electron chi connectivity index (χ4n) is 2.11. The molecule has 1 heterocycles. The van der Waals surface area contributed by atoms with Gasteiger partial charge in [0.15, 0.2) is 0 Å². The van der Waals surface area contributed by atoms with Gasteiger partial charge in [0.05, 0.1) is 20.0 Å². The topological polar surface area (TPSA) is 41.6 Å². The van der Waals surface area contributed by atoms with E-state index in [1.165, 1.54) is 5.56 Å². The van der Waals surface area contributed by atoms with E-state index in [4.69, 9.17) is 0 Å².